The molecule has 19 heteroatoms. The number of carboxylic acids is 1. The summed E-state index contributed by atoms with van der Waals surface area (Å²) in [6, 6.07) is 2.47. The van der Waals surface area contributed by atoms with Crippen LogP contribution in [0.4, 0.5) is 5.13 Å². The summed E-state index contributed by atoms with van der Waals surface area (Å²) in [5.41, 5.74) is 6.46. The van der Waals surface area contributed by atoms with E-state index in [1.165, 1.54) is 33.1 Å². The van der Waals surface area contributed by atoms with E-state index in [9.17, 15) is 19.5 Å². The number of carboxylic acid groups (broad SMARTS) is 1. The van der Waals surface area contributed by atoms with E-state index in [0.717, 1.165) is 37.2 Å². The zero-order valence-corrected chi connectivity index (χ0v) is 23.0. The number of nitrogens with zero attached hydrogens (tertiary/aromatic N) is 9. The molecule has 1 saturated heterocycles. The van der Waals surface area contributed by atoms with Crippen LogP contribution in [0.15, 0.2) is 33.6 Å². The predicted molar refractivity (Wildman–Crippen MR) is 143 cm³/mol. The van der Waals surface area contributed by atoms with Crippen molar-refractivity contribution in [2.24, 2.45) is 5.16 Å². The standard InChI is InChI=1S/C21H21N11O5S3/c22-21-24-16(28-40-21)13(27-37-10-3-1-2-4-10)17(33)23-14-18(34)31-15(20(35)36)9(8-39-19(14)31)7-38-12-6-5-11-25-29-30-32(11)26-12/h5-6,10,14,19H,1-4,7-8H2,(H,23,33)(H,35,36)(H2,22,24,28)/t14?,19-/m1/s1. The van der Waals surface area contributed by atoms with Gasteiger partial charge in [-0.05, 0) is 53.8 Å². The second-order valence-electron chi connectivity index (χ2n) is 9.01. The lowest BCUT2D eigenvalue weighted by Gasteiger charge is -2.49. The van der Waals surface area contributed by atoms with Crippen molar-refractivity contribution in [2.45, 2.75) is 48.2 Å². The number of nitrogens with one attached hydrogen (secondary N) is 1. The highest BCUT2D eigenvalue weighted by atomic mass is 32.2. The molecule has 3 aromatic heterocycles. The van der Waals surface area contributed by atoms with E-state index in [0.29, 0.717) is 22.0 Å². The number of hydrogen-bond acceptors (Lipinski definition) is 15. The minimum absolute atomic E-state index is 0.00294. The fourth-order valence-corrected chi connectivity index (χ4v) is 7.28. The summed E-state index contributed by atoms with van der Waals surface area (Å²) >= 11 is 3.57. The second-order valence-corrected chi connectivity index (χ2v) is 11.9. The van der Waals surface area contributed by atoms with Crippen molar-refractivity contribution < 1.29 is 24.3 Å². The van der Waals surface area contributed by atoms with Crippen LogP contribution in [-0.2, 0) is 19.2 Å². The number of aliphatic carboxylic acids is 1. The third kappa shape index (κ3) is 5.06. The van der Waals surface area contributed by atoms with Crippen LogP contribution < -0.4 is 11.1 Å². The molecule has 208 valence electrons. The Morgan fingerprint density at radius 2 is 2.12 bits per heavy atom. The van der Waals surface area contributed by atoms with Crippen molar-refractivity contribution >= 4 is 69.3 Å². The molecule has 0 aromatic carbocycles. The highest BCUT2D eigenvalue weighted by Crippen LogP contribution is 2.41. The maximum atomic E-state index is 13.2. The Kier molecular flexibility index (Phi) is 7.24. The first-order valence-corrected chi connectivity index (χ1v) is 14.9. The number of nitrogen functional groups attached to an aromatic ring is 1. The number of aromatic nitrogens is 7. The third-order valence-electron chi connectivity index (χ3n) is 6.44. The van der Waals surface area contributed by atoms with Gasteiger partial charge in [0.2, 0.25) is 11.5 Å². The number of hydrogen-bond donors (Lipinski definition) is 3. The number of amides is 2. The number of β-lactam (4-membered cyclic amide) rings is 1. The molecular weight excluding hydrogens is 583 g/mol. The Morgan fingerprint density at radius 1 is 1.30 bits per heavy atom. The molecule has 6 rings (SSSR count). The second kappa shape index (κ2) is 11.0. The molecule has 4 N–H and O–H groups in total. The zero-order chi connectivity index (χ0) is 27.8. The summed E-state index contributed by atoms with van der Waals surface area (Å²) in [7, 11) is 0. The molecule has 2 fully saturated rings. The molecular formula is C21H21N11O5S3. The third-order valence-corrected chi connectivity index (χ3v) is 9.33. The van der Waals surface area contributed by atoms with Gasteiger partial charge in [0, 0.05) is 23.0 Å². The maximum absolute atomic E-state index is 13.2. The summed E-state index contributed by atoms with van der Waals surface area (Å²) < 4.78 is 5.34. The molecule has 5 heterocycles. The minimum atomic E-state index is -1.22. The van der Waals surface area contributed by atoms with Crippen LogP contribution in [0.3, 0.4) is 0 Å². The summed E-state index contributed by atoms with van der Waals surface area (Å²) in [5.74, 6) is -1.84. The number of carbonyl (C=O) groups is 3. The summed E-state index contributed by atoms with van der Waals surface area (Å²) in [4.78, 5) is 49.4. The summed E-state index contributed by atoms with van der Waals surface area (Å²) in [6.07, 6.45) is 3.57. The Balaban J connectivity index is 1.16. The van der Waals surface area contributed by atoms with Gasteiger partial charge in [-0.25, -0.2) is 4.79 Å². The van der Waals surface area contributed by atoms with Crippen LogP contribution in [0, 0.1) is 0 Å². The monoisotopic (exact) mass is 603 g/mol. The van der Waals surface area contributed by atoms with Crippen LogP contribution in [0.5, 0.6) is 0 Å². The Labute approximate surface area is 237 Å². The maximum Gasteiger partial charge on any atom is 0.352 e. The van der Waals surface area contributed by atoms with Crippen LogP contribution in [0.2, 0.25) is 0 Å². The summed E-state index contributed by atoms with van der Waals surface area (Å²) in [5, 5.41) is 32.2. The molecule has 0 radical (unpaired) electrons. The normalized spacial score (nSPS) is 21.4. The Morgan fingerprint density at radius 3 is 2.88 bits per heavy atom. The van der Waals surface area contributed by atoms with Gasteiger partial charge in [-0.1, -0.05) is 5.16 Å². The van der Waals surface area contributed by atoms with Gasteiger partial charge in [0.15, 0.2) is 10.8 Å². The molecule has 2 aliphatic heterocycles. The van der Waals surface area contributed by atoms with Crippen LogP contribution in [0.1, 0.15) is 31.5 Å². The van der Waals surface area contributed by atoms with Crippen molar-refractivity contribution in [1.29, 1.82) is 0 Å². The van der Waals surface area contributed by atoms with Gasteiger partial charge < -0.3 is 21.0 Å². The van der Waals surface area contributed by atoms with Gasteiger partial charge in [-0.2, -0.15) is 9.36 Å². The minimum Gasteiger partial charge on any atom is -0.477 e. The van der Waals surface area contributed by atoms with E-state index < -0.39 is 29.2 Å². The molecule has 1 unspecified atom stereocenters. The fourth-order valence-electron chi connectivity index (χ4n) is 4.51. The molecule has 16 nitrogen and oxygen atoms in total. The fraction of sp³-hybridized carbons (Fsp3) is 0.429. The zero-order valence-electron chi connectivity index (χ0n) is 20.5. The average molecular weight is 604 g/mol. The van der Waals surface area contributed by atoms with Crippen molar-refractivity contribution in [3.8, 4) is 0 Å². The molecule has 2 amide bonds. The molecule has 1 saturated carbocycles. The van der Waals surface area contributed by atoms with E-state index in [-0.39, 0.29) is 34.2 Å². The Hall–Kier alpha value is -3.84. The van der Waals surface area contributed by atoms with Crippen LogP contribution in [-0.4, -0.2) is 97.1 Å². The number of anilines is 1. The van der Waals surface area contributed by atoms with Gasteiger partial charge in [0.25, 0.3) is 11.8 Å². The quantitative estimate of drug-likeness (QED) is 0.128. The number of fused-ring (bicyclic) bond motifs is 2. The van der Waals surface area contributed by atoms with Gasteiger partial charge in [-0.3, -0.25) is 14.5 Å². The van der Waals surface area contributed by atoms with Crippen molar-refractivity contribution in [3.05, 3.63) is 29.2 Å². The van der Waals surface area contributed by atoms with Gasteiger partial charge in [0.05, 0.1) is 0 Å². The number of nitrogens with two attached hydrogens (primary N) is 1. The number of oxime groups is 1. The highest BCUT2D eigenvalue weighted by molar-refractivity contribution is 8.01. The number of carbonyl (C=O) groups excluding carboxylic acids is 2. The van der Waals surface area contributed by atoms with E-state index in [1.807, 2.05) is 0 Å². The molecule has 3 aliphatic rings. The van der Waals surface area contributed by atoms with E-state index in [2.05, 4.69) is 40.5 Å². The van der Waals surface area contributed by atoms with E-state index in [1.54, 1.807) is 12.1 Å². The van der Waals surface area contributed by atoms with Crippen molar-refractivity contribution in [1.82, 2.24) is 44.8 Å². The van der Waals surface area contributed by atoms with Gasteiger partial charge in [0.1, 0.15) is 28.2 Å². The first-order valence-electron chi connectivity index (χ1n) is 12.1. The lowest BCUT2D eigenvalue weighted by Crippen LogP contribution is -2.71. The van der Waals surface area contributed by atoms with Gasteiger partial charge >= 0.3 is 5.97 Å². The van der Waals surface area contributed by atoms with Gasteiger partial charge in [-0.15, -0.1) is 38.4 Å². The SMILES string of the molecule is Nc1nc(C(=NOC2CCCC2)C(=O)NC2C(=O)N3C(C(=O)O)=C(CSc4ccc5nnnn5n4)CS[C@H]23)ns1. The summed E-state index contributed by atoms with van der Waals surface area (Å²) in [6.45, 7) is 0. The van der Waals surface area contributed by atoms with Crippen LogP contribution >= 0.6 is 35.1 Å². The number of tetrazole rings is 1. The largest absolute Gasteiger partial charge is 0.477 e. The molecule has 3 aromatic rings. The first-order chi connectivity index (χ1) is 19.4. The lowest BCUT2D eigenvalue weighted by molar-refractivity contribution is -0.150. The van der Waals surface area contributed by atoms with E-state index >= 15 is 0 Å². The predicted octanol–water partition coefficient (Wildman–Crippen LogP) is 0.147. The average Bonchev–Trinajstić information content (AvgIpc) is 3.72. The van der Waals surface area contributed by atoms with Crippen molar-refractivity contribution in [3.63, 3.8) is 0 Å². The number of thioether (sulfide) groups is 2. The highest BCUT2D eigenvalue weighted by Gasteiger charge is 2.54. The lowest BCUT2D eigenvalue weighted by atomic mass is 10.0. The molecule has 40 heavy (non-hydrogen) atoms. The molecule has 0 bridgehead atoms. The molecule has 0 spiro atoms. The number of rotatable bonds is 9. The smallest absolute Gasteiger partial charge is 0.352 e. The van der Waals surface area contributed by atoms with E-state index in [4.69, 9.17) is 10.6 Å². The van der Waals surface area contributed by atoms with Crippen LogP contribution in [0.25, 0.3) is 5.65 Å². The Bertz CT molecular complexity index is 1550. The van der Waals surface area contributed by atoms with Crippen molar-refractivity contribution in [2.75, 3.05) is 17.2 Å². The molecule has 1 aliphatic carbocycles. The first kappa shape index (κ1) is 26.4. The topological polar surface area (TPSA) is 216 Å². The molecule has 2 atom stereocenters.